The van der Waals surface area contributed by atoms with Crippen molar-refractivity contribution in [2.45, 2.75) is 38.3 Å². The number of nitrogen functional groups attached to an aromatic ring is 1. The fourth-order valence-electron chi connectivity index (χ4n) is 2.84. The number of alkyl halides is 1. The predicted molar refractivity (Wildman–Crippen MR) is 55.2 cm³/mol. The zero-order valence-electron chi connectivity index (χ0n) is 8.15. The fourth-order valence-corrected chi connectivity index (χ4v) is 2.84. The third-order valence-corrected chi connectivity index (χ3v) is 3.51. The van der Waals surface area contributed by atoms with Crippen molar-refractivity contribution in [3.05, 3.63) is 28.3 Å². The summed E-state index contributed by atoms with van der Waals surface area (Å²) in [4.78, 5) is 0. The highest BCUT2D eigenvalue weighted by Crippen LogP contribution is 2.37. The summed E-state index contributed by atoms with van der Waals surface area (Å²) in [6.07, 6.45) is 3.84. The van der Waals surface area contributed by atoms with Crippen molar-refractivity contribution in [3.63, 3.8) is 0 Å². The van der Waals surface area contributed by atoms with Crippen molar-refractivity contribution in [3.8, 4) is 0 Å². The van der Waals surface area contributed by atoms with Gasteiger partial charge in [0, 0.05) is 18.5 Å². The molecule has 0 heterocycles. The third-order valence-electron chi connectivity index (χ3n) is 3.51. The maximum absolute atomic E-state index is 13.2. The smallest absolute Gasteiger partial charge is 0.108 e. The van der Waals surface area contributed by atoms with Gasteiger partial charge in [0.05, 0.1) is 0 Å². The monoisotopic (exact) mass is 191 g/mol. The molecule has 0 saturated heterocycles. The molecule has 0 bridgehead atoms. The quantitative estimate of drug-likeness (QED) is 0.625. The highest BCUT2D eigenvalue weighted by Gasteiger charge is 2.27. The number of anilines is 1. The third kappa shape index (κ3) is 0.999. The molecule has 2 N–H and O–H groups in total. The molecule has 1 aromatic carbocycles. The largest absolute Gasteiger partial charge is 0.398 e. The van der Waals surface area contributed by atoms with E-state index in [0.29, 0.717) is 12.8 Å². The number of nitrogens with two attached hydrogens (primary N) is 1. The molecule has 2 aliphatic carbocycles. The summed E-state index contributed by atoms with van der Waals surface area (Å²) in [6, 6.07) is 2.19. The van der Waals surface area contributed by atoms with Crippen LogP contribution in [0.5, 0.6) is 0 Å². The average molecular weight is 191 g/mol. The molecule has 0 aliphatic heterocycles. The van der Waals surface area contributed by atoms with E-state index in [-0.39, 0.29) is 0 Å². The van der Waals surface area contributed by atoms with E-state index in [1.54, 1.807) is 0 Å². The predicted octanol–water partition coefficient (Wildman–Crippen LogP) is 2.19. The van der Waals surface area contributed by atoms with E-state index >= 15 is 0 Å². The molecule has 0 saturated carbocycles. The van der Waals surface area contributed by atoms with Crippen LogP contribution in [0.3, 0.4) is 0 Å². The van der Waals surface area contributed by atoms with Crippen LogP contribution in [0.15, 0.2) is 6.07 Å². The second-order valence-corrected chi connectivity index (χ2v) is 4.42. The van der Waals surface area contributed by atoms with Crippen LogP contribution in [-0.4, -0.2) is 6.17 Å². The van der Waals surface area contributed by atoms with Gasteiger partial charge in [-0.2, -0.15) is 0 Å². The summed E-state index contributed by atoms with van der Waals surface area (Å²) in [7, 11) is 0. The maximum atomic E-state index is 13.2. The maximum Gasteiger partial charge on any atom is 0.108 e. The van der Waals surface area contributed by atoms with Gasteiger partial charge >= 0.3 is 0 Å². The first kappa shape index (κ1) is 8.27. The minimum Gasteiger partial charge on any atom is -0.398 e. The number of rotatable bonds is 0. The number of halogens is 1. The Balaban J connectivity index is 2.19. The lowest BCUT2D eigenvalue weighted by molar-refractivity contribution is 0.349. The van der Waals surface area contributed by atoms with Gasteiger partial charge in [0.2, 0.25) is 0 Å². The van der Waals surface area contributed by atoms with E-state index in [0.717, 1.165) is 29.7 Å². The van der Waals surface area contributed by atoms with E-state index < -0.39 is 6.17 Å². The zero-order valence-corrected chi connectivity index (χ0v) is 8.15. The van der Waals surface area contributed by atoms with E-state index in [2.05, 4.69) is 6.07 Å². The molecule has 0 radical (unpaired) electrons. The first-order chi connectivity index (χ1) is 6.75. The molecule has 1 unspecified atom stereocenters. The molecule has 1 nitrogen and oxygen atoms in total. The average Bonchev–Trinajstić information content (AvgIpc) is 2.71. The SMILES string of the molecule is Nc1c2c(cc3c1CC(F)C3)CCC2. The molecule has 2 heteroatoms. The number of hydrogen-bond donors (Lipinski definition) is 1. The standard InChI is InChI=1S/C12H14FN/c13-9-5-8-4-7-2-1-3-10(7)12(14)11(8)6-9/h4,9H,1-3,5-6,14H2. The highest BCUT2D eigenvalue weighted by atomic mass is 19.1. The first-order valence-corrected chi connectivity index (χ1v) is 5.31. The van der Waals surface area contributed by atoms with E-state index in [1.165, 1.54) is 17.5 Å². The fraction of sp³-hybridized carbons (Fsp3) is 0.500. The Hall–Kier alpha value is -1.05. The van der Waals surface area contributed by atoms with Gasteiger partial charge in [-0.25, -0.2) is 4.39 Å². The number of benzene rings is 1. The topological polar surface area (TPSA) is 26.0 Å². The minimum absolute atomic E-state index is 0.536. The lowest BCUT2D eigenvalue weighted by Crippen LogP contribution is -2.00. The molecule has 3 rings (SSSR count). The molecule has 0 spiro atoms. The Morgan fingerprint density at radius 3 is 2.86 bits per heavy atom. The minimum atomic E-state index is -0.699. The van der Waals surface area contributed by atoms with Crippen molar-refractivity contribution in [2.24, 2.45) is 0 Å². The molecule has 1 atom stereocenters. The van der Waals surface area contributed by atoms with Gasteiger partial charge in [-0.1, -0.05) is 6.07 Å². The van der Waals surface area contributed by atoms with Crippen LogP contribution in [0, 0.1) is 0 Å². The van der Waals surface area contributed by atoms with Crippen molar-refractivity contribution in [1.29, 1.82) is 0 Å². The van der Waals surface area contributed by atoms with Crippen LogP contribution < -0.4 is 5.73 Å². The Morgan fingerprint density at radius 1 is 1.14 bits per heavy atom. The Labute approximate surface area is 83.1 Å². The van der Waals surface area contributed by atoms with Gasteiger partial charge in [0.25, 0.3) is 0 Å². The summed E-state index contributed by atoms with van der Waals surface area (Å²) in [6.45, 7) is 0. The van der Waals surface area contributed by atoms with Gasteiger partial charge in [-0.3, -0.25) is 0 Å². The number of hydrogen-bond acceptors (Lipinski definition) is 1. The zero-order chi connectivity index (χ0) is 9.71. The van der Waals surface area contributed by atoms with Crippen molar-refractivity contribution in [1.82, 2.24) is 0 Å². The summed E-state index contributed by atoms with van der Waals surface area (Å²) in [5.41, 5.74) is 11.9. The van der Waals surface area contributed by atoms with Crippen LogP contribution in [0.1, 0.15) is 28.7 Å². The number of aryl methyl sites for hydroxylation is 1. The molecule has 2 aliphatic rings. The molecule has 0 amide bonds. The second kappa shape index (κ2) is 2.72. The Bertz CT molecular complexity index is 398. The highest BCUT2D eigenvalue weighted by molar-refractivity contribution is 5.63. The lowest BCUT2D eigenvalue weighted by atomic mass is 9.99. The molecular weight excluding hydrogens is 177 g/mol. The second-order valence-electron chi connectivity index (χ2n) is 4.42. The van der Waals surface area contributed by atoms with Crippen LogP contribution in [-0.2, 0) is 25.7 Å². The van der Waals surface area contributed by atoms with Crippen molar-refractivity contribution < 1.29 is 4.39 Å². The van der Waals surface area contributed by atoms with Crippen LogP contribution >= 0.6 is 0 Å². The van der Waals surface area contributed by atoms with Gasteiger partial charge in [-0.05, 0) is 41.5 Å². The first-order valence-electron chi connectivity index (χ1n) is 5.31. The summed E-state index contributed by atoms with van der Waals surface area (Å²) >= 11 is 0. The number of fused-ring (bicyclic) bond motifs is 2. The van der Waals surface area contributed by atoms with E-state index in [1.807, 2.05) is 0 Å². The van der Waals surface area contributed by atoms with Gasteiger partial charge in [-0.15, -0.1) is 0 Å². The van der Waals surface area contributed by atoms with Crippen LogP contribution in [0.4, 0.5) is 10.1 Å². The summed E-state index contributed by atoms with van der Waals surface area (Å²) in [5.74, 6) is 0. The van der Waals surface area contributed by atoms with Gasteiger partial charge in [0.15, 0.2) is 0 Å². The lowest BCUT2D eigenvalue weighted by Gasteiger charge is -2.09. The van der Waals surface area contributed by atoms with Crippen LogP contribution in [0.2, 0.25) is 0 Å². The molecule has 0 fully saturated rings. The van der Waals surface area contributed by atoms with Crippen molar-refractivity contribution >= 4 is 5.69 Å². The van der Waals surface area contributed by atoms with Gasteiger partial charge < -0.3 is 5.73 Å². The Morgan fingerprint density at radius 2 is 2.00 bits per heavy atom. The Kier molecular flexibility index (Phi) is 1.61. The molecule has 74 valence electrons. The van der Waals surface area contributed by atoms with Crippen LogP contribution in [0.25, 0.3) is 0 Å². The van der Waals surface area contributed by atoms with E-state index in [4.69, 9.17) is 5.73 Å². The normalized spacial score (nSPS) is 23.6. The van der Waals surface area contributed by atoms with Crippen molar-refractivity contribution in [2.75, 3.05) is 5.73 Å². The van der Waals surface area contributed by atoms with E-state index in [9.17, 15) is 4.39 Å². The molecule has 0 aromatic heterocycles. The molecule has 1 aromatic rings. The molecular formula is C12H14FN. The summed E-state index contributed by atoms with van der Waals surface area (Å²) in [5, 5.41) is 0. The van der Waals surface area contributed by atoms with Gasteiger partial charge in [0.1, 0.15) is 6.17 Å². The molecule has 14 heavy (non-hydrogen) atoms. The summed E-state index contributed by atoms with van der Waals surface area (Å²) < 4.78 is 13.2.